The first kappa shape index (κ1) is 22.4. The summed E-state index contributed by atoms with van der Waals surface area (Å²) < 4.78 is 27.6. The van der Waals surface area contributed by atoms with Crippen molar-refractivity contribution in [3.63, 3.8) is 0 Å². The van der Waals surface area contributed by atoms with Gasteiger partial charge < -0.3 is 10.2 Å². The standard InChI is InChI=1S/C20H29N3O3S2/c1-4-23(17-10-6-5-7-11-17)14-9-13-21-20(24)19(16(2)3)22-28(25,26)18-12-8-15-27-18/h5-8,10-12,15-16,19,22H,4,9,13-14H2,1-3H3,(H,21,24). The van der Waals surface area contributed by atoms with Gasteiger partial charge in [-0.15, -0.1) is 11.3 Å². The Balaban J connectivity index is 1.87. The number of nitrogens with zero attached hydrogens (tertiary/aromatic N) is 1. The molecule has 1 amide bonds. The van der Waals surface area contributed by atoms with Gasteiger partial charge in [-0.1, -0.05) is 38.1 Å². The van der Waals surface area contributed by atoms with E-state index in [1.807, 2.05) is 32.0 Å². The molecule has 1 atom stereocenters. The van der Waals surface area contributed by atoms with Crippen molar-refractivity contribution in [1.82, 2.24) is 10.0 Å². The number of nitrogens with one attached hydrogen (secondary N) is 2. The quantitative estimate of drug-likeness (QED) is 0.545. The summed E-state index contributed by atoms with van der Waals surface area (Å²) in [6.45, 7) is 7.94. The normalized spacial score (nSPS) is 12.7. The van der Waals surface area contributed by atoms with Crippen LogP contribution in [0.1, 0.15) is 27.2 Å². The lowest BCUT2D eigenvalue weighted by Crippen LogP contribution is -2.49. The molecule has 1 aromatic carbocycles. The highest BCUT2D eigenvalue weighted by Crippen LogP contribution is 2.17. The third-order valence-electron chi connectivity index (χ3n) is 4.40. The van der Waals surface area contributed by atoms with Gasteiger partial charge in [0.1, 0.15) is 10.3 Å². The van der Waals surface area contributed by atoms with Gasteiger partial charge in [0.2, 0.25) is 5.91 Å². The van der Waals surface area contributed by atoms with E-state index in [0.29, 0.717) is 6.54 Å². The highest BCUT2D eigenvalue weighted by molar-refractivity contribution is 7.91. The first-order valence-corrected chi connectivity index (χ1v) is 11.8. The second kappa shape index (κ2) is 10.6. The van der Waals surface area contributed by atoms with Crippen LogP contribution in [0.15, 0.2) is 52.1 Å². The summed E-state index contributed by atoms with van der Waals surface area (Å²) >= 11 is 1.13. The van der Waals surface area contributed by atoms with E-state index in [2.05, 4.69) is 34.0 Å². The van der Waals surface area contributed by atoms with Crippen molar-refractivity contribution >= 4 is 33.0 Å². The van der Waals surface area contributed by atoms with E-state index in [1.165, 1.54) is 6.07 Å². The third-order valence-corrected chi connectivity index (χ3v) is 7.24. The lowest BCUT2D eigenvalue weighted by Gasteiger charge is -2.24. The van der Waals surface area contributed by atoms with E-state index in [0.717, 1.165) is 36.5 Å². The minimum absolute atomic E-state index is 0.161. The van der Waals surface area contributed by atoms with Gasteiger partial charge in [-0.2, -0.15) is 4.72 Å². The molecule has 2 N–H and O–H groups in total. The van der Waals surface area contributed by atoms with Crippen LogP contribution in [-0.4, -0.2) is 40.0 Å². The molecule has 2 rings (SSSR count). The highest BCUT2D eigenvalue weighted by atomic mass is 32.2. The summed E-state index contributed by atoms with van der Waals surface area (Å²) in [6, 6.07) is 12.5. The number of rotatable bonds is 11. The maximum atomic E-state index is 12.6. The molecule has 0 saturated carbocycles. The summed E-state index contributed by atoms with van der Waals surface area (Å²) in [4.78, 5) is 14.8. The number of carbonyl (C=O) groups excluding carboxylic acids is 1. The highest BCUT2D eigenvalue weighted by Gasteiger charge is 2.28. The molecule has 0 fully saturated rings. The SMILES string of the molecule is CCN(CCCNC(=O)C(NS(=O)(=O)c1cccs1)C(C)C)c1ccccc1. The zero-order chi connectivity index (χ0) is 20.6. The fourth-order valence-corrected chi connectivity index (χ4v) is 5.19. The lowest BCUT2D eigenvalue weighted by molar-refractivity contribution is -0.123. The van der Waals surface area contributed by atoms with Crippen LogP contribution in [0.4, 0.5) is 5.69 Å². The molecule has 0 saturated heterocycles. The van der Waals surface area contributed by atoms with Crippen molar-refractivity contribution < 1.29 is 13.2 Å². The molecule has 1 unspecified atom stereocenters. The Morgan fingerprint density at radius 2 is 1.86 bits per heavy atom. The van der Waals surface area contributed by atoms with E-state index in [1.54, 1.807) is 11.4 Å². The van der Waals surface area contributed by atoms with Crippen LogP contribution in [0.25, 0.3) is 0 Å². The number of thiophene rings is 1. The summed E-state index contributed by atoms with van der Waals surface area (Å²) in [5.41, 5.74) is 1.15. The fraction of sp³-hybridized carbons (Fsp3) is 0.450. The van der Waals surface area contributed by atoms with Gasteiger partial charge in [0, 0.05) is 25.3 Å². The van der Waals surface area contributed by atoms with Crippen molar-refractivity contribution in [1.29, 1.82) is 0 Å². The van der Waals surface area contributed by atoms with Crippen LogP contribution in [0.3, 0.4) is 0 Å². The minimum atomic E-state index is -3.69. The van der Waals surface area contributed by atoms with Crippen LogP contribution in [0.2, 0.25) is 0 Å². The van der Waals surface area contributed by atoms with Crippen LogP contribution < -0.4 is 14.9 Å². The minimum Gasteiger partial charge on any atom is -0.372 e. The summed E-state index contributed by atoms with van der Waals surface area (Å²) in [5, 5.41) is 4.57. The van der Waals surface area contributed by atoms with Crippen molar-refractivity contribution in [2.75, 3.05) is 24.5 Å². The third kappa shape index (κ3) is 6.32. The van der Waals surface area contributed by atoms with Crippen LogP contribution >= 0.6 is 11.3 Å². The number of hydrogen-bond donors (Lipinski definition) is 2. The molecule has 0 aliphatic rings. The van der Waals surface area contributed by atoms with Gasteiger partial charge in [0.05, 0.1) is 0 Å². The Morgan fingerprint density at radius 3 is 2.43 bits per heavy atom. The topological polar surface area (TPSA) is 78.5 Å². The average Bonchev–Trinajstić information content (AvgIpc) is 3.22. The van der Waals surface area contributed by atoms with Gasteiger partial charge in [0.15, 0.2) is 0 Å². The maximum Gasteiger partial charge on any atom is 0.250 e. The molecule has 0 aliphatic carbocycles. The van der Waals surface area contributed by atoms with Gasteiger partial charge in [0.25, 0.3) is 10.0 Å². The Kier molecular flexibility index (Phi) is 8.47. The first-order valence-electron chi connectivity index (χ1n) is 9.48. The zero-order valence-corrected chi connectivity index (χ0v) is 18.2. The van der Waals surface area contributed by atoms with E-state index >= 15 is 0 Å². The van der Waals surface area contributed by atoms with Gasteiger partial charge in [-0.25, -0.2) is 8.42 Å². The predicted octanol–water partition coefficient (Wildman–Crippen LogP) is 3.08. The molecule has 1 heterocycles. The number of benzene rings is 1. The van der Waals surface area contributed by atoms with E-state index in [-0.39, 0.29) is 16.0 Å². The van der Waals surface area contributed by atoms with Crippen molar-refractivity contribution in [2.45, 2.75) is 37.4 Å². The molecular weight excluding hydrogens is 394 g/mol. The van der Waals surface area contributed by atoms with Gasteiger partial charge in [-0.05, 0) is 42.8 Å². The molecule has 28 heavy (non-hydrogen) atoms. The molecule has 8 heteroatoms. The van der Waals surface area contributed by atoms with Gasteiger partial charge in [-0.3, -0.25) is 4.79 Å². The summed E-state index contributed by atoms with van der Waals surface area (Å²) in [7, 11) is -3.69. The van der Waals surface area contributed by atoms with Crippen LogP contribution in [0, 0.1) is 5.92 Å². The molecule has 1 aromatic heterocycles. The Bertz CT molecular complexity index is 822. The fourth-order valence-electron chi connectivity index (χ4n) is 2.83. The monoisotopic (exact) mass is 423 g/mol. The van der Waals surface area contributed by atoms with E-state index < -0.39 is 16.1 Å². The number of anilines is 1. The maximum absolute atomic E-state index is 12.6. The second-order valence-corrected chi connectivity index (χ2v) is 9.72. The van der Waals surface area contributed by atoms with Crippen molar-refractivity contribution in [3.05, 3.63) is 47.8 Å². The second-order valence-electron chi connectivity index (χ2n) is 6.83. The van der Waals surface area contributed by atoms with Crippen LogP contribution in [-0.2, 0) is 14.8 Å². The number of hydrogen-bond acceptors (Lipinski definition) is 5. The van der Waals surface area contributed by atoms with Crippen LogP contribution in [0.5, 0.6) is 0 Å². The number of para-hydroxylation sites is 1. The number of amides is 1. The van der Waals surface area contributed by atoms with E-state index in [9.17, 15) is 13.2 Å². The Hall–Kier alpha value is -1.90. The molecule has 0 bridgehead atoms. The molecule has 2 aromatic rings. The number of sulfonamides is 1. The molecular formula is C20H29N3O3S2. The smallest absolute Gasteiger partial charge is 0.250 e. The zero-order valence-electron chi connectivity index (χ0n) is 16.6. The van der Waals surface area contributed by atoms with Crippen molar-refractivity contribution in [3.8, 4) is 0 Å². The summed E-state index contributed by atoms with van der Waals surface area (Å²) in [5.74, 6) is -0.455. The van der Waals surface area contributed by atoms with E-state index in [4.69, 9.17) is 0 Å². The molecule has 0 spiro atoms. The predicted molar refractivity (Wildman–Crippen MR) is 115 cm³/mol. The Morgan fingerprint density at radius 1 is 1.14 bits per heavy atom. The molecule has 0 aliphatic heterocycles. The summed E-state index contributed by atoms with van der Waals surface area (Å²) in [6.07, 6.45) is 0.775. The first-order chi connectivity index (χ1) is 13.3. The van der Waals surface area contributed by atoms with Gasteiger partial charge >= 0.3 is 0 Å². The molecule has 6 nitrogen and oxygen atoms in total. The largest absolute Gasteiger partial charge is 0.372 e. The lowest BCUT2D eigenvalue weighted by atomic mass is 10.1. The van der Waals surface area contributed by atoms with Crippen molar-refractivity contribution in [2.24, 2.45) is 5.92 Å². The molecule has 154 valence electrons. The Labute approximate surface area is 172 Å². The number of carbonyl (C=O) groups is 1. The molecule has 0 radical (unpaired) electrons. The average molecular weight is 424 g/mol.